The number of fused-ring (bicyclic) bond motifs is 1. The molecule has 2 heterocycles. The molecule has 0 fully saturated rings. The minimum Gasteiger partial charge on any atom is -0.383 e. The summed E-state index contributed by atoms with van der Waals surface area (Å²) >= 11 is 5.75. The summed E-state index contributed by atoms with van der Waals surface area (Å²) < 4.78 is 15.7. The van der Waals surface area contributed by atoms with E-state index in [0.717, 1.165) is 5.56 Å². The Bertz CT molecular complexity index is 780. The maximum absolute atomic E-state index is 13.9. The molecule has 0 aliphatic rings. The highest BCUT2D eigenvalue weighted by Gasteiger charge is 2.15. The molecule has 0 atom stereocenters. The molecular weight excluding hydrogens is 265 g/mol. The average molecular weight is 276 g/mol. The van der Waals surface area contributed by atoms with Crippen molar-refractivity contribution in [1.82, 2.24) is 9.38 Å². The Morgan fingerprint density at radius 1 is 1.26 bits per heavy atom. The number of hydrogen-bond acceptors (Lipinski definition) is 2. The number of hydrogen-bond donors (Lipinski definition) is 1. The number of anilines is 1. The molecule has 5 heteroatoms. The van der Waals surface area contributed by atoms with Gasteiger partial charge in [-0.15, -0.1) is 0 Å². The highest BCUT2D eigenvalue weighted by molar-refractivity contribution is 6.30. The predicted molar refractivity (Wildman–Crippen MR) is 74.7 cm³/mol. The minimum absolute atomic E-state index is 0.347. The molecule has 0 radical (unpaired) electrons. The number of benzene rings is 1. The van der Waals surface area contributed by atoms with Crippen molar-refractivity contribution < 1.29 is 4.39 Å². The lowest BCUT2D eigenvalue weighted by molar-refractivity contribution is 0.631. The number of aryl methyl sites for hydroxylation is 1. The van der Waals surface area contributed by atoms with Crippen LogP contribution in [0.2, 0.25) is 5.02 Å². The molecule has 3 aromatic rings. The van der Waals surface area contributed by atoms with E-state index in [0.29, 0.717) is 27.7 Å². The van der Waals surface area contributed by atoms with Gasteiger partial charge in [0.2, 0.25) is 0 Å². The minimum atomic E-state index is -0.431. The Labute approximate surface area is 114 Å². The van der Waals surface area contributed by atoms with Gasteiger partial charge < -0.3 is 5.73 Å². The fourth-order valence-electron chi connectivity index (χ4n) is 2.05. The normalized spacial score (nSPS) is 11.1. The van der Waals surface area contributed by atoms with Crippen LogP contribution in [0.5, 0.6) is 0 Å². The van der Waals surface area contributed by atoms with Gasteiger partial charge in [-0.25, -0.2) is 9.37 Å². The molecule has 0 bridgehead atoms. The van der Waals surface area contributed by atoms with Gasteiger partial charge in [0.25, 0.3) is 0 Å². The lowest BCUT2D eigenvalue weighted by Crippen LogP contribution is -1.95. The summed E-state index contributed by atoms with van der Waals surface area (Å²) in [5, 5.41) is 0.347. The van der Waals surface area contributed by atoms with Crippen molar-refractivity contribution >= 4 is 23.1 Å². The SMILES string of the molecule is Cc1ccc2nc(-c3ccc(Cl)cc3F)c(N)n2c1. The third-order valence-electron chi connectivity index (χ3n) is 2.99. The Morgan fingerprint density at radius 3 is 2.79 bits per heavy atom. The smallest absolute Gasteiger partial charge is 0.139 e. The van der Waals surface area contributed by atoms with Crippen LogP contribution in [0.3, 0.4) is 0 Å². The maximum Gasteiger partial charge on any atom is 0.139 e. The quantitative estimate of drug-likeness (QED) is 0.736. The van der Waals surface area contributed by atoms with Crippen LogP contribution in [-0.2, 0) is 0 Å². The van der Waals surface area contributed by atoms with Gasteiger partial charge in [-0.05, 0) is 36.8 Å². The molecule has 2 aromatic heterocycles. The number of imidazole rings is 1. The van der Waals surface area contributed by atoms with Crippen molar-refractivity contribution in [1.29, 1.82) is 0 Å². The number of nitrogen functional groups attached to an aromatic ring is 1. The van der Waals surface area contributed by atoms with Gasteiger partial charge in [0, 0.05) is 16.8 Å². The number of nitrogens with zero attached hydrogens (tertiary/aromatic N) is 2. The second kappa shape index (κ2) is 4.24. The van der Waals surface area contributed by atoms with Crippen LogP contribution < -0.4 is 5.73 Å². The van der Waals surface area contributed by atoms with Gasteiger partial charge in [-0.3, -0.25) is 4.40 Å². The third kappa shape index (κ3) is 1.94. The van der Waals surface area contributed by atoms with E-state index in [4.69, 9.17) is 17.3 Å². The molecule has 0 saturated carbocycles. The first-order valence-electron chi connectivity index (χ1n) is 5.76. The topological polar surface area (TPSA) is 43.3 Å². The van der Waals surface area contributed by atoms with E-state index < -0.39 is 5.82 Å². The highest BCUT2D eigenvalue weighted by atomic mass is 35.5. The number of aromatic nitrogens is 2. The molecule has 3 nitrogen and oxygen atoms in total. The third-order valence-corrected chi connectivity index (χ3v) is 3.22. The first kappa shape index (κ1) is 12.0. The number of halogens is 2. The van der Waals surface area contributed by atoms with E-state index in [1.807, 2.05) is 25.3 Å². The van der Waals surface area contributed by atoms with Gasteiger partial charge in [-0.2, -0.15) is 0 Å². The van der Waals surface area contributed by atoms with Crippen molar-refractivity contribution in [3.05, 3.63) is 52.9 Å². The molecule has 0 saturated heterocycles. The van der Waals surface area contributed by atoms with Gasteiger partial charge in [-0.1, -0.05) is 17.7 Å². The van der Waals surface area contributed by atoms with Crippen molar-refractivity contribution in [3.63, 3.8) is 0 Å². The molecule has 0 spiro atoms. The monoisotopic (exact) mass is 275 g/mol. The van der Waals surface area contributed by atoms with Crippen LogP contribution >= 0.6 is 11.6 Å². The number of rotatable bonds is 1. The number of pyridine rings is 1. The second-order valence-corrected chi connectivity index (χ2v) is 4.84. The zero-order valence-corrected chi connectivity index (χ0v) is 10.9. The lowest BCUT2D eigenvalue weighted by Gasteiger charge is -2.02. The zero-order valence-electron chi connectivity index (χ0n) is 10.2. The van der Waals surface area contributed by atoms with Crippen molar-refractivity contribution in [2.75, 3.05) is 5.73 Å². The first-order chi connectivity index (χ1) is 9.06. The van der Waals surface area contributed by atoms with Gasteiger partial charge in [0.05, 0.1) is 0 Å². The van der Waals surface area contributed by atoms with Crippen LogP contribution in [-0.4, -0.2) is 9.38 Å². The molecule has 0 amide bonds. The molecule has 2 N–H and O–H groups in total. The fourth-order valence-corrected chi connectivity index (χ4v) is 2.21. The Kier molecular flexibility index (Phi) is 2.68. The van der Waals surface area contributed by atoms with Gasteiger partial charge in [0.1, 0.15) is 23.0 Å². The highest BCUT2D eigenvalue weighted by Crippen LogP contribution is 2.30. The molecule has 19 heavy (non-hydrogen) atoms. The van der Waals surface area contributed by atoms with Crippen molar-refractivity contribution in [2.24, 2.45) is 0 Å². The Balaban J connectivity index is 2.28. The van der Waals surface area contributed by atoms with Gasteiger partial charge in [0.15, 0.2) is 0 Å². The van der Waals surface area contributed by atoms with E-state index >= 15 is 0 Å². The van der Waals surface area contributed by atoms with Crippen LogP contribution in [0, 0.1) is 12.7 Å². The predicted octanol–water partition coefficient (Wildman–Crippen LogP) is 3.68. The van der Waals surface area contributed by atoms with E-state index in [1.165, 1.54) is 6.07 Å². The van der Waals surface area contributed by atoms with E-state index in [-0.39, 0.29) is 0 Å². The molecule has 0 unspecified atom stereocenters. The Morgan fingerprint density at radius 2 is 2.05 bits per heavy atom. The second-order valence-electron chi connectivity index (χ2n) is 4.40. The summed E-state index contributed by atoms with van der Waals surface area (Å²) in [6.45, 7) is 1.96. The molecule has 0 aliphatic heterocycles. The van der Waals surface area contributed by atoms with E-state index in [1.54, 1.807) is 16.5 Å². The summed E-state index contributed by atoms with van der Waals surface area (Å²) in [5.41, 5.74) is 8.57. The fraction of sp³-hybridized carbons (Fsp3) is 0.0714. The average Bonchev–Trinajstić information content (AvgIpc) is 2.67. The standard InChI is InChI=1S/C14H11ClFN3/c1-8-2-5-12-18-13(14(17)19(12)7-8)10-4-3-9(15)6-11(10)16/h2-7H,17H2,1H3. The van der Waals surface area contributed by atoms with Crippen LogP contribution in [0.4, 0.5) is 10.2 Å². The summed E-state index contributed by atoms with van der Waals surface area (Å²) in [6, 6.07) is 8.25. The maximum atomic E-state index is 13.9. The van der Waals surface area contributed by atoms with Crippen LogP contribution in [0.25, 0.3) is 16.9 Å². The largest absolute Gasteiger partial charge is 0.383 e. The van der Waals surface area contributed by atoms with Gasteiger partial charge >= 0.3 is 0 Å². The molecule has 96 valence electrons. The Hall–Kier alpha value is -2.07. The van der Waals surface area contributed by atoms with Crippen molar-refractivity contribution in [2.45, 2.75) is 6.92 Å². The number of nitrogens with two attached hydrogens (primary N) is 1. The lowest BCUT2D eigenvalue weighted by atomic mass is 10.1. The van der Waals surface area contributed by atoms with Crippen LogP contribution in [0.1, 0.15) is 5.56 Å². The zero-order chi connectivity index (χ0) is 13.6. The summed E-state index contributed by atoms with van der Waals surface area (Å²) in [6.07, 6.45) is 1.87. The molecular formula is C14H11ClFN3. The summed E-state index contributed by atoms with van der Waals surface area (Å²) in [4.78, 5) is 4.37. The molecule has 1 aromatic carbocycles. The molecule has 3 rings (SSSR count). The summed E-state index contributed by atoms with van der Waals surface area (Å²) in [7, 11) is 0. The van der Waals surface area contributed by atoms with Crippen molar-refractivity contribution in [3.8, 4) is 11.3 Å². The van der Waals surface area contributed by atoms with E-state index in [9.17, 15) is 4.39 Å². The first-order valence-corrected chi connectivity index (χ1v) is 6.13. The molecule has 0 aliphatic carbocycles. The van der Waals surface area contributed by atoms with E-state index in [2.05, 4.69) is 4.98 Å². The van der Waals surface area contributed by atoms with Crippen LogP contribution in [0.15, 0.2) is 36.5 Å². The summed E-state index contributed by atoms with van der Waals surface area (Å²) in [5.74, 6) is -0.0146.